The highest BCUT2D eigenvalue weighted by atomic mass is 32.2. The summed E-state index contributed by atoms with van der Waals surface area (Å²) in [5.41, 5.74) is 1.36. The van der Waals surface area contributed by atoms with Crippen molar-refractivity contribution < 1.29 is 4.79 Å². The van der Waals surface area contributed by atoms with Gasteiger partial charge in [-0.1, -0.05) is 70.4 Å². The van der Waals surface area contributed by atoms with Crippen LogP contribution in [0.5, 0.6) is 0 Å². The van der Waals surface area contributed by atoms with Crippen molar-refractivity contribution >= 4 is 46.1 Å². The molecule has 35 heavy (non-hydrogen) atoms. The Morgan fingerprint density at radius 1 is 1.14 bits per heavy atom. The highest BCUT2D eigenvalue weighted by Gasteiger charge is 2.33. The molecular formula is C27H38N4O2S2. The molecule has 1 unspecified atom stereocenters. The fraction of sp³-hybridized carbons (Fsp3) is 0.630. The lowest BCUT2D eigenvalue weighted by Gasteiger charge is -2.36. The zero-order chi connectivity index (χ0) is 25.5. The molecule has 1 aromatic rings. The number of unbranched alkanes of at least 4 members (excludes halogenated alkanes) is 4. The van der Waals surface area contributed by atoms with Crippen molar-refractivity contribution in [3.63, 3.8) is 0 Å². The zero-order valence-corrected chi connectivity index (χ0v) is 23.2. The summed E-state index contributed by atoms with van der Waals surface area (Å²) in [5.74, 6) is 1.29. The predicted molar refractivity (Wildman–Crippen MR) is 150 cm³/mol. The molecule has 190 valence electrons. The third-order valence-corrected chi connectivity index (χ3v) is 8.26. The Morgan fingerprint density at radius 2 is 1.89 bits per heavy atom. The minimum Gasteiger partial charge on any atom is -0.357 e. The molecule has 0 aliphatic carbocycles. The first kappa shape index (κ1) is 27.5. The summed E-state index contributed by atoms with van der Waals surface area (Å²) in [6.45, 7) is 11.2. The second-order valence-corrected chi connectivity index (χ2v) is 11.4. The minimum atomic E-state index is -0.239. The van der Waals surface area contributed by atoms with Gasteiger partial charge in [-0.2, -0.15) is 5.26 Å². The van der Waals surface area contributed by atoms with Crippen LogP contribution in [0.4, 0.5) is 5.82 Å². The smallest absolute Gasteiger partial charge is 0.270 e. The number of aromatic nitrogens is 1. The molecule has 0 aromatic carbocycles. The summed E-state index contributed by atoms with van der Waals surface area (Å²) in [5, 5.41) is 9.82. The number of piperidine rings is 1. The molecule has 0 N–H and O–H groups in total. The van der Waals surface area contributed by atoms with Gasteiger partial charge in [-0.15, -0.1) is 0 Å². The Bertz CT molecular complexity index is 1090. The van der Waals surface area contributed by atoms with Crippen LogP contribution < -0.4 is 10.5 Å². The molecule has 3 rings (SSSR count). The fourth-order valence-corrected chi connectivity index (χ4v) is 6.29. The van der Waals surface area contributed by atoms with Crippen molar-refractivity contribution in [1.82, 2.24) is 9.47 Å². The Kier molecular flexibility index (Phi) is 9.99. The van der Waals surface area contributed by atoms with E-state index in [4.69, 9.17) is 12.2 Å². The number of pyridine rings is 1. The van der Waals surface area contributed by atoms with Crippen molar-refractivity contribution in [3.8, 4) is 6.07 Å². The number of nitriles is 1. The van der Waals surface area contributed by atoms with Crippen LogP contribution in [0.2, 0.25) is 0 Å². The van der Waals surface area contributed by atoms with Crippen LogP contribution in [0.15, 0.2) is 9.70 Å². The first-order chi connectivity index (χ1) is 16.8. The lowest BCUT2D eigenvalue weighted by molar-refractivity contribution is -0.122. The van der Waals surface area contributed by atoms with Gasteiger partial charge >= 0.3 is 0 Å². The minimum absolute atomic E-state index is 0.0698. The molecule has 0 bridgehead atoms. The van der Waals surface area contributed by atoms with Crippen LogP contribution in [0.3, 0.4) is 0 Å². The van der Waals surface area contributed by atoms with Crippen LogP contribution in [0.1, 0.15) is 88.8 Å². The van der Waals surface area contributed by atoms with Crippen LogP contribution in [0, 0.1) is 24.2 Å². The van der Waals surface area contributed by atoms with Crippen molar-refractivity contribution in [1.29, 1.82) is 5.26 Å². The second kappa shape index (κ2) is 12.7. The quantitative estimate of drug-likeness (QED) is 0.222. The number of thioether (sulfide) groups is 1. The summed E-state index contributed by atoms with van der Waals surface area (Å²) in [6.07, 6.45) is 10.5. The van der Waals surface area contributed by atoms with Crippen LogP contribution in [-0.4, -0.2) is 39.3 Å². The van der Waals surface area contributed by atoms with E-state index in [1.54, 1.807) is 9.47 Å². The highest BCUT2D eigenvalue weighted by Crippen LogP contribution is 2.37. The molecule has 2 aliphatic heterocycles. The third kappa shape index (κ3) is 6.18. The summed E-state index contributed by atoms with van der Waals surface area (Å²) >= 11 is 6.89. The molecule has 3 heterocycles. The summed E-state index contributed by atoms with van der Waals surface area (Å²) < 4.78 is 2.34. The molecule has 2 fully saturated rings. The van der Waals surface area contributed by atoms with E-state index < -0.39 is 0 Å². The first-order valence-corrected chi connectivity index (χ1v) is 14.2. The maximum absolute atomic E-state index is 13.3. The van der Waals surface area contributed by atoms with Gasteiger partial charge in [0.15, 0.2) is 0 Å². The normalized spacial score (nSPS) is 19.6. The first-order valence-electron chi connectivity index (χ1n) is 13.0. The van der Waals surface area contributed by atoms with E-state index in [0.29, 0.717) is 33.8 Å². The number of amides is 1. The van der Waals surface area contributed by atoms with Crippen LogP contribution in [-0.2, 0) is 11.3 Å². The number of rotatable bonds is 10. The van der Waals surface area contributed by atoms with E-state index in [0.717, 1.165) is 56.6 Å². The van der Waals surface area contributed by atoms with Gasteiger partial charge in [-0.3, -0.25) is 19.1 Å². The van der Waals surface area contributed by atoms with E-state index in [-0.39, 0.29) is 17.0 Å². The Labute approximate surface area is 219 Å². The van der Waals surface area contributed by atoms with Gasteiger partial charge in [-0.05, 0) is 50.2 Å². The number of hydrogen-bond acceptors (Lipinski definition) is 6. The Hall–Kier alpha value is -2.11. The van der Waals surface area contributed by atoms with Gasteiger partial charge in [0.1, 0.15) is 21.8 Å². The van der Waals surface area contributed by atoms with Crippen LogP contribution >= 0.6 is 24.0 Å². The van der Waals surface area contributed by atoms with Gasteiger partial charge < -0.3 is 4.90 Å². The Morgan fingerprint density at radius 3 is 2.54 bits per heavy atom. The molecule has 8 heteroatoms. The lowest BCUT2D eigenvalue weighted by atomic mass is 9.98. The highest BCUT2D eigenvalue weighted by molar-refractivity contribution is 8.26. The number of thiocarbonyl (C=S) groups is 1. The van der Waals surface area contributed by atoms with E-state index in [1.807, 2.05) is 19.9 Å². The number of hydrogen-bond donors (Lipinski definition) is 0. The SMILES string of the molecule is CCCCCCCN1C(=O)/C(=C\c2c(C)c(C#N)c(=O)n(CCC)c2N2CCCC(C)C2)SC1=S. The van der Waals surface area contributed by atoms with Crippen LogP contribution in [0.25, 0.3) is 6.08 Å². The number of anilines is 1. The summed E-state index contributed by atoms with van der Waals surface area (Å²) in [6, 6.07) is 2.13. The molecule has 1 atom stereocenters. The monoisotopic (exact) mass is 514 g/mol. The number of nitrogens with zero attached hydrogens (tertiary/aromatic N) is 4. The van der Waals surface area contributed by atoms with Gasteiger partial charge in [0.05, 0.1) is 4.91 Å². The maximum Gasteiger partial charge on any atom is 0.270 e. The molecule has 1 aromatic heterocycles. The van der Waals surface area contributed by atoms with E-state index in [2.05, 4.69) is 24.8 Å². The molecule has 1 amide bonds. The van der Waals surface area contributed by atoms with Gasteiger partial charge in [0, 0.05) is 31.7 Å². The average molecular weight is 515 g/mol. The summed E-state index contributed by atoms with van der Waals surface area (Å²) in [7, 11) is 0. The Balaban J connectivity index is 2.04. The standard InChI is InChI=1S/C27H38N4O2S2/c1-5-7-8-9-10-15-31-26(33)23(35-27(31)34)16-21-20(4)22(17-28)25(32)30(13-6-2)24(21)29-14-11-12-19(3)18-29/h16,19H,5-15,18H2,1-4H3/b23-16+. The third-order valence-electron chi connectivity index (χ3n) is 6.88. The van der Waals surface area contributed by atoms with Crippen molar-refractivity contribution in [2.75, 3.05) is 24.5 Å². The number of carbonyl (C=O) groups excluding carboxylic acids is 1. The topological polar surface area (TPSA) is 69.3 Å². The predicted octanol–water partition coefficient (Wildman–Crippen LogP) is 5.85. The summed E-state index contributed by atoms with van der Waals surface area (Å²) in [4.78, 5) is 31.2. The fourth-order valence-electron chi connectivity index (χ4n) is 5.00. The van der Waals surface area contributed by atoms with Gasteiger partial charge in [-0.25, -0.2) is 0 Å². The number of carbonyl (C=O) groups is 1. The molecule has 0 radical (unpaired) electrons. The average Bonchev–Trinajstić information content (AvgIpc) is 3.09. The lowest BCUT2D eigenvalue weighted by Crippen LogP contribution is -2.40. The maximum atomic E-state index is 13.3. The molecule has 0 spiro atoms. The molecule has 2 saturated heterocycles. The van der Waals surface area contributed by atoms with Crippen molar-refractivity contribution in [3.05, 3.63) is 31.9 Å². The van der Waals surface area contributed by atoms with Crippen molar-refractivity contribution in [2.24, 2.45) is 5.92 Å². The largest absolute Gasteiger partial charge is 0.357 e. The molecule has 6 nitrogen and oxygen atoms in total. The molecule has 0 saturated carbocycles. The molecule has 2 aliphatic rings. The van der Waals surface area contributed by atoms with E-state index in [9.17, 15) is 14.9 Å². The van der Waals surface area contributed by atoms with Gasteiger partial charge in [0.2, 0.25) is 0 Å². The second-order valence-electron chi connectivity index (χ2n) is 9.75. The zero-order valence-electron chi connectivity index (χ0n) is 21.6. The van der Waals surface area contributed by atoms with Crippen molar-refractivity contribution in [2.45, 2.75) is 85.6 Å². The van der Waals surface area contributed by atoms with E-state index in [1.165, 1.54) is 31.0 Å². The van der Waals surface area contributed by atoms with E-state index >= 15 is 0 Å². The van der Waals surface area contributed by atoms with Gasteiger partial charge in [0.25, 0.3) is 11.5 Å². The molecular weight excluding hydrogens is 476 g/mol.